The van der Waals surface area contributed by atoms with Crippen LogP contribution in [0.2, 0.25) is 0 Å². The molecule has 0 spiro atoms. The first kappa shape index (κ1) is 20.5. The molecule has 0 aliphatic heterocycles. The normalized spacial score (nSPS) is 10.8. The van der Waals surface area contributed by atoms with E-state index in [1.807, 2.05) is 36.4 Å². The molecule has 2 amide bonds. The zero-order valence-electron chi connectivity index (χ0n) is 16.4. The summed E-state index contributed by atoms with van der Waals surface area (Å²) < 4.78 is 5.08. The summed E-state index contributed by atoms with van der Waals surface area (Å²) in [5, 5.41) is 6.68. The number of hydrazone groups is 1. The van der Waals surface area contributed by atoms with Gasteiger partial charge in [-0.3, -0.25) is 9.59 Å². The van der Waals surface area contributed by atoms with Gasteiger partial charge in [0.1, 0.15) is 5.75 Å². The van der Waals surface area contributed by atoms with Crippen molar-refractivity contribution < 1.29 is 14.3 Å². The minimum atomic E-state index is -0.340. The molecule has 0 heterocycles. The Morgan fingerprint density at radius 1 is 0.833 bits per heavy atom. The molecule has 0 aliphatic carbocycles. The smallest absolute Gasteiger partial charge is 0.271 e. The average molecular weight is 399 g/mol. The third kappa shape index (κ3) is 5.90. The van der Waals surface area contributed by atoms with E-state index in [-0.39, 0.29) is 11.8 Å². The highest BCUT2D eigenvalue weighted by Gasteiger charge is 2.08. The molecule has 0 atom stereocenters. The molecule has 0 aromatic heterocycles. The molecular formula is C24H21N3O3. The Labute approximate surface area is 174 Å². The van der Waals surface area contributed by atoms with Crippen LogP contribution >= 0.6 is 0 Å². The summed E-state index contributed by atoms with van der Waals surface area (Å²) >= 11 is 0. The van der Waals surface area contributed by atoms with Gasteiger partial charge in [0.25, 0.3) is 11.8 Å². The van der Waals surface area contributed by atoms with Crippen molar-refractivity contribution in [2.75, 3.05) is 12.4 Å². The third-order valence-corrected chi connectivity index (χ3v) is 4.17. The molecule has 3 aromatic carbocycles. The molecule has 6 nitrogen and oxygen atoms in total. The number of nitrogens with zero attached hydrogens (tertiary/aromatic N) is 1. The predicted octanol–water partition coefficient (Wildman–Crippen LogP) is 4.38. The summed E-state index contributed by atoms with van der Waals surface area (Å²) in [5.41, 5.74) is 5.03. The van der Waals surface area contributed by atoms with Gasteiger partial charge in [0.15, 0.2) is 0 Å². The van der Waals surface area contributed by atoms with Gasteiger partial charge in [-0.1, -0.05) is 36.4 Å². The van der Waals surface area contributed by atoms with E-state index in [9.17, 15) is 9.59 Å². The first-order valence-electron chi connectivity index (χ1n) is 9.26. The second-order valence-corrected chi connectivity index (χ2v) is 6.25. The summed E-state index contributed by atoms with van der Waals surface area (Å²) in [4.78, 5) is 24.4. The van der Waals surface area contributed by atoms with Gasteiger partial charge in [-0.15, -0.1) is 0 Å². The van der Waals surface area contributed by atoms with Crippen molar-refractivity contribution in [2.45, 2.75) is 0 Å². The number of carbonyl (C=O) groups is 2. The van der Waals surface area contributed by atoms with E-state index < -0.39 is 0 Å². The molecule has 3 rings (SSSR count). The van der Waals surface area contributed by atoms with E-state index in [4.69, 9.17) is 4.74 Å². The number of allylic oxidation sites excluding steroid dienone is 1. The maximum absolute atomic E-state index is 12.3. The van der Waals surface area contributed by atoms with Crippen LogP contribution < -0.4 is 15.5 Å². The van der Waals surface area contributed by atoms with Crippen molar-refractivity contribution >= 4 is 29.8 Å². The average Bonchev–Trinajstić information content (AvgIpc) is 2.80. The molecule has 0 radical (unpaired) electrons. The van der Waals surface area contributed by atoms with Crippen molar-refractivity contribution in [3.63, 3.8) is 0 Å². The predicted molar refractivity (Wildman–Crippen MR) is 119 cm³/mol. The molecule has 0 aliphatic rings. The van der Waals surface area contributed by atoms with Gasteiger partial charge in [0.05, 0.1) is 7.11 Å². The van der Waals surface area contributed by atoms with Crippen LogP contribution in [-0.4, -0.2) is 25.1 Å². The number of hydrogen-bond acceptors (Lipinski definition) is 4. The minimum absolute atomic E-state index is 0.246. The summed E-state index contributed by atoms with van der Waals surface area (Å²) in [6.07, 6.45) is 5.14. The molecule has 0 fully saturated rings. The number of benzene rings is 3. The van der Waals surface area contributed by atoms with Crippen LogP contribution in [0.15, 0.2) is 90.0 Å². The van der Waals surface area contributed by atoms with E-state index in [0.717, 1.165) is 5.56 Å². The van der Waals surface area contributed by atoms with Crippen molar-refractivity contribution in [1.82, 2.24) is 5.43 Å². The Morgan fingerprint density at radius 3 is 2.13 bits per heavy atom. The van der Waals surface area contributed by atoms with E-state index in [1.165, 1.54) is 6.21 Å². The van der Waals surface area contributed by atoms with Gasteiger partial charge in [0, 0.05) is 23.0 Å². The molecule has 3 aromatic rings. The first-order valence-corrected chi connectivity index (χ1v) is 9.26. The molecule has 0 bridgehead atoms. The topological polar surface area (TPSA) is 79.8 Å². The van der Waals surface area contributed by atoms with Crippen molar-refractivity contribution in [1.29, 1.82) is 0 Å². The number of carbonyl (C=O) groups excluding carboxylic acids is 2. The molecule has 0 saturated carbocycles. The van der Waals surface area contributed by atoms with Crippen LogP contribution in [0.5, 0.6) is 5.75 Å². The highest BCUT2D eigenvalue weighted by Crippen LogP contribution is 2.14. The van der Waals surface area contributed by atoms with Crippen molar-refractivity contribution in [2.24, 2.45) is 5.10 Å². The third-order valence-electron chi connectivity index (χ3n) is 4.17. The Hall–Kier alpha value is -4.19. The fourth-order valence-electron chi connectivity index (χ4n) is 2.57. The maximum atomic E-state index is 12.3. The lowest BCUT2D eigenvalue weighted by atomic mass is 10.1. The number of methoxy groups -OCH3 is 1. The van der Waals surface area contributed by atoms with Gasteiger partial charge < -0.3 is 10.1 Å². The van der Waals surface area contributed by atoms with E-state index in [1.54, 1.807) is 61.7 Å². The lowest BCUT2D eigenvalue weighted by molar-refractivity contribution is 0.0954. The van der Waals surface area contributed by atoms with Crippen LogP contribution in [0, 0.1) is 0 Å². The van der Waals surface area contributed by atoms with Gasteiger partial charge in [-0.2, -0.15) is 5.10 Å². The number of nitrogens with one attached hydrogen (secondary N) is 2. The quantitative estimate of drug-likeness (QED) is 0.457. The van der Waals surface area contributed by atoms with Crippen molar-refractivity contribution in [3.05, 3.63) is 102 Å². The largest absolute Gasteiger partial charge is 0.497 e. The zero-order chi connectivity index (χ0) is 21.2. The number of anilines is 1. The lowest BCUT2D eigenvalue weighted by Crippen LogP contribution is -2.17. The van der Waals surface area contributed by atoms with Crippen LogP contribution in [-0.2, 0) is 0 Å². The fourth-order valence-corrected chi connectivity index (χ4v) is 2.57. The summed E-state index contributed by atoms with van der Waals surface area (Å²) in [6, 6.07) is 23.1. The summed E-state index contributed by atoms with van der Waals surface area (Å²) in [5.74, 6) is 0.0946. The van der Waals surface area contributed by atoms with Crippen molar-refractivity contribution in [3.8, 4) is 5.75 Å². The number of amides is 2. The van der Waals surface area contributed by atoms with E-state index in [0.29, 0.717) is 22.6 Å². The van der Waals surface area contributed by atoms with Gasteiger partial charge in [0.2, 0.25) is 0 Å². The van der Waals surface area contributed by atoms with Gasteiger partial charge in [-0.25, -0.2) is 5.43 Å². The number of hydrogen-bond donors (Lipinski definition) is 2. The highest BCUT2D eigenvalue weighted by atomic mass is 16.5. The summed E-state index contributed by atoms with van der Waals surface area (Å²) in [6.45, 7) is 0. The minimum Gasteiger partial charge on any atom is -0.497 e. The van der Waals surface area contributed by atoms with Gasteiger partial charge in [-0.05, 0) is 60.2 Å². The molecule has 0 unspecified atom stereocenters. The fraction of sp³-hybridized carbons (Fsp3) is 0.0417. The number of ether oxygens (including phenoxy) is 1. The molecule has 30 heavy (non-hydrogen) atoms. The van der Waals surface area contributed by atoms with E-state index >= 15 is 0 Å². The van der Waals surface area contributed by atoms with Crippen LogP contribution in [0.3, 0.4) is 0 Å². The second kappa shape index (κ2) is 10.4. The second-order valence-electron chi connectivity index (χ2n) is 6.25. The Kier molecular flexibility index (Phi) is 7.11. The van der Waals surface area contributed by atoms with E-state index in [2.05, 4.69) is 15.8 Å². The summed E-state index contributed by atoms with van der Waals surface area (Å²) in [7, 11) is 1.57. The standard InChI is InChI=1S/C24H21N3O3/c1-30-22-15-11-19(12-16-22)23(28)26-21-13-9-20(10-14-21)24(29)27-25-17-5-8-18-6-3-2-4-7-18/h2-17H,1H3,(H,26,28)(H,27,29)/b8-5+,25-17-. The van der Waals surface area contributed by atoms with Gasteiger partial charge >= 0.3 is 0 Å². The monoisotopic (exact) mass is 399 g/mol. The zero-order valence-corrected chi connectivity index (χ0v) is 16.4. The molecule has 0 saturated heterocycles. The maximum Gasteiger partial charge on any atom is 0.271 e. The Balaban J connectivity index is 1.51. The number of rotatable bonds is 7. The lowest BCUT2D eigenvalue weighted by Gasteiger charge is -2.07. The van der Waals surface area contributed by atoms with Crippen LogP contribution in [0.4, 0.5) is 5.69 Å². The molecule has 150 valence electrons. The van der Waals surface area contributed by atoms with Crippen LogP contribution in [0.1, 0.15) is 26.3 Å². The molecule has 2 N–H and O–H groups in total. The first-order chi connectivity index (χ1) is 14.7. The highest BCUT2D eigenvalue weighted by molar-refractivity contribution is 6.04. The molecular weight excluding hydrogens is 378 g/mol. The van der Waals surface area contributed by atoms with Crippen LogP contribution in [0.25, 0.3) is 6.08 Å². The SMILES string of the molecule is COc1ccc(C(=O)Nc2ccc(C(=O)N/N=C\C=C\c3ccccc3)cc2)cc1. The molecule has 6 heteroatoms. The Bertz CT molecular complexity index is 1040. The Morgan fingerprint density at radius 2 is 1.47 bits per heavy atom.